The molecule has 0 aliphatic rings. The summed E-state index contributed by atoms with van der Waals surface area (Å²) in [7, 11) is 1.69. The van der Waals surface area contributed by atoms with Crippen molar-refractivity contribution in [2.24, 2.45) is 5.73 Å². The van der Waals surface area contributed by atoms with E-state index in [4.69, 9.17) is 15.2 Å². The lowest BCUT2D eigenvalue weighted by atomic mass is 10.1. The SMILES string of the molecule is COc1ccc2[nH]c(-c3ccc(OCCCN)c(CNCCCn4ccnc4)c3)cc2c1. The summed E-state index contributed by atoms with van der Waals surface area (Å²) in [5.41, 5.74) is 10.1. The Hall–Kier alpha value is -3.29. The van der Waals surface area contributed by atoms with Gasteiger partial charge in [-0.05, 0) is 74.0 Å². The van der Waals surface area contributed by atoms with E-state index in [1.807, 2.05) is 36.9 Å². The van der Waals surface area contributed by atoms with Crippen LogP contribution in [0.1, 0.15) is 18.4 Å². The molecule has 0 aliphatic heterocycles. The number of nitrogens with zero attached hydrogens (tertiary/aromatic N) is 2. The zero-order valence-corrected chi connectivity index (χ0v) is 18.5. The van der Waals surface area contributed by atoms with Crippen LogP contribution in [0.4, 0.5) is 0 Å². The van der Waals surface area contributed by atoms with Crippen LogP contribution in [0.5, 0.6) is 11.5 Å². The molecule has 7 nitrogen and oxygen atoms in total. The number of nitrogens with two attached hydrogens (primary N) is 1. The van der Waals surface area contributed by atoms with Crippen LogP contribution in [0.2, 0.25) is 0 Å². The normalized spacial score (nSPS) is 11.2. The summed E-state index contributed by atoms with van der Waals surface area (Å²) in [4.78, 5) is 7.60. The van der Waals surface area contributed by atoms with Crippen molar-refractivity contribution < 1.29 is 9.47 Å². The number of rotatable bonds is 12. The van der Waals surface area contributed by atoms with Crippen molar-refractivity contribution in [3.05, 3.63) is 66.7 Å². The van der Waals surface area contributed by atoms with Crippen LogP contribution >= 0.6 is 0 Å². The first-order chi connectivity index (χ1) is 15.8. The second kappa shape index (κ2) is 10.8. The highest BCUT2D eigenvalue weighted by Gasteiger charge is 2.10. The molecule has 4 aromatic rings. The Morgan fingerprint density at radius 2 is 2.06 bits per heavy atom. The summed E-state index contributed by atoms with van der Waals surface area (Å²) in [6, 6.07) is 14.6. The van der Waals surface area contributed by atoms with Gasteiger partial charge in [-0.15, -0.1) is 0 Å². The molecule has 0 aliphatic carbocycles. The van der Waals surface area contributed by atoms with Gasteiger partial charge in [0.15, 0.2) is 0 Å². The molecule has 0 saturated carbocycles. The lowest BCUT2D eigenvalue weighted by Crippen LogP contribution is -2.17. The number of imidazole rings is 1. The maximum atomic E-state index is 6.01. The molecular weight excluding hydrogens is 402 g/mol. The van der Waals surface area contributed by atoms with Gasteiger partial charge in [-0.1, -0.05) is 0 Å². The van der Waals surface area contributed by atoms with Crippen LogP contribution < -0.4 is 20.5 Å². The molecule has 4 rings (SSSR count). The number of fused-ring (bicyclic) bond motifs is 1. The fourth-order valence-corrected chi connectivity index (χ4v) is 3.71. The van der Waals surface area contributed by atoms with Crippen LogP contribution in [0.15, 0.2) is 61.2 Å². The lowest BCUT2D eigenvalue weighted by molar-refractivity contribution is 0.309. The Kier molecular flexibility index (Phi) is 7.42. The number of H-pyrrole nitrogens is 1. The number of methoxy groups -OCH3 is 1. The topological polar surface area (TPSA) is 90.1 Å². The number of aromatic amines is 1. The monoisotopic (exact) mass is 433 g/mol. The number of hydrogen-bond donors (Lipinski definition) is 3. The summed E-state index contributed by atoms with van der Waals surface area (Å²) < 4.78 is 13.5. The summed E-state index contributed by atoms with van der Waals surface area (Å²) in [5.74, 6) is 1.76. The number of hydrogen-bond acceptors (Lipinski definition) is 5. The van der Waals surface area contributed by atoms with Crippen LogP contribution in [0, 0.1) is 0 Å². The number of aromatic nitrogens is 3. The molecule has 0 fully saturated rings. The predicted octanol–water partition coefficient (Wildman–Crippen LogP) is 3.95. The van der Waals surface area contributed by atoms with Gasteiger partial charge in [-0.25, -0.2) is 4.98 Å². The molecule has 7 heteroatoms. The fourth-order valence-electron chi connectivity index (χ4n) is 3.71. The van der Waals surface area contributed by atoms with Crippen LogP contribution in [-0.4, -0.2) is 41.3 Å². The first-order valence-corrected chi connectivity index (χ1v) is 11.1. The Balaban J connectivity index is 1.48. The van der Waals surface area contributed by atoms with Gasteiger partial charge in [0, 0.05) is 47.6 Å². The average molecular weight is 434 g/mol. The molecule has 2 aromatic carbocycles. The van der Waals surface area contributed by atoms with Gasteiger partial charge in [0.2, 0.25) is 0 Å². The molecule has 2 heterocycles. The molecule has 0 unspecified atom stereocenters. The van der Waals surface area contributed by atoms with Crippen molar-refractivity contribution >= 4 is 10.9 Å². The highest BCUT2D eigenvalue weighted by atomic mass is 16.5. The van der Waals surface area contributed by atoms with Crippen molar-refractivity contribution in [1.29, 1.82) is 0 Å². The standard InChI is InChI=1S/C25H31N5O2/c1-31-22-5-6-23-20(15-22)16-24(29-23)19-4-7-25(32-13-2-8-26)21(14-19)17-27-9-3-11-30-12-10-28-18-30/h4-7,10,12,14-16,18,27,29H,2-3,8-9,11,13,17,26H2,1H3. The minimum atomic E-state index is 0.621. The first kappa shape index (κ1) is 21.9. The van der Waals surface area contributed by atoms with Gasteiger partial charge < -0.3 is 30.1 Å². The zero-order valence-electron chi connectivity index (χ0n) is 18.5. The Bertz CT molecular complexity index is 1120. The minimum Gasteiger partial charge on any atom is -0.497 e. The minimum absolute atomic E-state index is 0.621. The van der Waals surface area contributed by atoms with Gasteiger partial charge in [0.05, 0.1) is 20.0 Å². The van der Waals surface area contributed by atoms with Crippen LogP contribution in [0.25, 0.3) is 22.2 Å². The second-order valence-electron chi connectivity index (χ2n) is 7.78. The molecule has 0 amide bonds. The summed E-state index contributed by atoms with van der Waals surface area (Å²) >= 11 is 0. The fraction of sp³-hybridized carbons (Fsp3) is 0.320. The molecule has 2 aromatic heterocycles. The molecule has 0 spiro atoms. The molecule has 0 bridgehead atoms. The van der Waals surface area contributed by atoms with Crippen molar-refractivity contribution in [3.8, 4) is 22.8 Å². The van der Waals surface area contributed by atoms with E-state index >= 15 is 0 Å². The third-order valence-electron chi connectivity index (χ3n) is 5.45. The van der Waals surface area contributed by atoms with Crippen LogP contribution in [-0.2, 0) is 13.1 Å². The largest absolute Gasteiger partial charge is 0.497 e. The molecule has 0 atom stereocenters. The number of benzene rings is 2. The Morgan fingerprint density at radius 1 is 1.12 bits per heavy atom. The third-order valence-corrected chi connectivity index (χ3v) is 5.45. The van der Waals surface area contributed by atoms with Gasteiger partial charge in [0.25, 0.3) is 0 Å². The highest BCUT2D eigenvalue weighted by molar-refractivity contribution is 5.87. The smallest absolute Gasteiger partial charge is 0.123 e. The zero-order chi connectivity index (χ0) is 22.2. The van der Waals surface area contributed by atoms with Crippen molar-refractivity contribution in [1.82, 2.24) is 19.9 Å². The second-order valence-corrected chi connectivity index (χ2v) is 7.78. The van der Waals surface area contributed by atoms with Gasteiger partial charge in [0.1, 0.15) is 11.5 Å². The van der Waals surface area contributed by atoms with E-state index in [9.17, 15) is 0 Å². The van der Waals surface area contributed by atoms with E-state index in [2.05, 4.69) is 44.1 Å². The van der Waals surface area contributed by atoms with Crippen LogP contribution in [0.3, 0.4) is 0 Å². The van der Waals surface area contributed by atoms with E-state index in [-0.39, 0.29) is 0 Å². The van der Waals surface area contributed by atoms with Gasteiger partial charge >= 0.3 is 0 Å². The van der Waals surface area contributed by atoms with Gasteiger partial charge in [-0.2, -0.15) is 0 Å². The van der Waals surface area contributed by atoms with E-state index in [1.54, 1.807) is 7.11 Å². The van der Waals surface area contributed by atoms with E-state index in [0.717, 1.165) is 71.7 Å². The highest BCUT2D eigenvalue weighted by Crippen LogP contribution is 2.30. The van der Waals surface area contributed by atoms with Crippen molar-refractivity contribution in [2.45, 2.75) is 25.9 Å². The van der Waals surface area contributed by atoms with Gasteiger partial charge in [-0.3, -0.25) is 0 Å². The molecule has 168 valence electrons. The third kappa shape index (κ3) is 5.49. The molecule has 32 heavy (non-hydrogen) atoms. The van der Waals surface area contributed by atoms with E-state index < -0.39 is 0 Å². The molecular formula is C25H31N5O2. The van der Waals surface area contributed by atoms with Crippen molar-refractivity contribution in [2.75, 3.05) is 26.8 Å². The maximum Gasteiger partial charge on any atom is 0.123 e. The number of nitrogens with one attached hydrogen (secondary N) is 2. The quantitative estimate of drug-likeness (QED) is 0.294. The number of ether oxygens (including phenoxy) is 2. The van der Waals surface area contributed by atoms with Crippen molar-refractivity contribution in [3.63, 3.8) is 0 Å². The van der Waals surface area contributed by atoms with E-state index in [1.165, 1.54) is 0 Å². The maximum absolute atomic E-state index is 6.01. The molecule has 0 radical (unpaired) electrons. The average Bonchev–Trinajstić information content (AvgIpc) is 3.49. The summed E-state index contributed by atoms with van der Waals surface area (Å²) in [5, 5.41) is 4.68. The molecule has 0 saturated heterocycles. The number of aryl methyl sites for hydroxylation is 1. The Morgan fingerprint density at radius 3 is 2.88 bits per heavy atom. The summed E-state index contributed by atoms with van der Waals surface area (Å²) in [6.07, 6.45) is 7.52. The molecule has 4 N–H and O–H groups in total. The summed E-state index contributed by atoms with van der Waals surface area (Å²) in [6.45, 7) is 3.85. The first-order valence-electron chi connectivity index (χ1n) is 11.1. The predicted molar refractivity (Wildman–Crippen MR) is 128 cm³/mol. The Labute approximate surface area is 188 Å². The lowest BCUT2D eigenvalue weighted by Gasteiger charge is -2.14. The van der Waals surface area contributed by atoms with E-state index in [0.29, 0.717) is 13.2 Å².